The van der Waals surface area contributed by atoms with Crippen molar-refractivity contribution in [3.8, 4) is 0 Å². The molecule has 2 aromatic carbocycles. The van der Waals surface area contributed by atoms with E-state index in [1.165, 1.54) is 12.1 Å². The molecule has 0 fully saturated rings. The van der Waals surface area contributed by atoms with Gasteiger partial charge < -0.3 is 4.90 Å². The first kappa shape index (κ1) is 15.9. The number of nitro benzene ring substituents is 1. The van der Waals surface area contributed by atoms with Crippen molar-refractivity contribution in [2.75, 3.05) is 11.4 Å². The van der Waals surface area contributed by atoms with Gasteiger partial charge in [-0.05, 0) is 49.2 Å². The lowest BCUT2D eigenvalue weighted by molar-refractivity contribution is -0.384. The fraction of sp³-hybridized carbons (Fsp3) is 0.222. The Morgan fingerprint density at radius 2 is 1.92 bits per heavy atom. The lowest BCUT2D eigenvalue weighted by atomic mass is 10.1. The molecule has 0 saturated heterocycles. The molecule has 0 bridgehead atoms. The highest BCUT2D eigenvalue weighted by molar-refractivity contribution is 6.17. The minimum atomic E-state index is -0.444. The number of hydrogen-bond donors (Lipinski definition) is 0. The van der Waals surface area contributed by atoms with Crippen LogP contribution in [0.2, 0.25) is 0 Å². The highest BCUT2D eigenvalue weighted by Gasteiger charge is 2.24. The fourth-order valence-electron chi connectivity index (χ4n) is 2.79. The van der Waals surface area contributed by atoms with Crippen molar-refractivity contribution < 1.29 is 9.72 Å². The Bertz CT molecular complexity index is 841. The van der Waals surface area contributed by atoms with E-state index < -0.39 is 4.92 Å². The number of carbonyl (C=O) groups excluding carboxylic acids is 1. The molecule has 0 unspecified atom stereocenters. The molecule has 0 N–H and O–H groups in total. The molecule has 122 valence electrons. The van der Waals surface area contributed by atoms with Gasteiger partial charge in [-0.1, -0.05) is 6.07 Å². The molecule has 1 aliphatic heterocycles. The number of benzene rings is 2. The molecule has 1 aliphatic rings. The van der Waals surface area contributed by atoms with E-state index in [4.69, 9.17) is 0 Å². The first-order valence-corrected chi connectivity index (χ1v) is 7.73. The first-order valence-electron chi connectivity index (χ1n) is 7.73. The molecule has 0 saturated carbocycles. The topological polar surface area (TPSA) is 75.8 Å². The van der Waals surface area contributed by atoms with E-state index in [0.29, 0.717) is 12.3 Å². The number of hydrogen-bond acceptors (Lipinski definition) is 4. The second kappa shape index (κ2) is 6.23. The van der Waals surface area contributed by atoms with Gasteiger partial charge in [-0.3, -0.25) is 19.9 Å². The van der Waals surface area contributed by atoms with Gasteiger partial charge in [-0.25, -0.2) is 0 Å². The number of fused-ring (bicyclic) bond motifs is 1. The number of non-ortho nitro benzene ring substituents is 1. The molecular weight excluding hydrogens is 306 g/mol. The number of anilines is 1. The third-order valence-electron chi connectivity index (χ3n) is 4.02. The molecule has 2 aromatic rings. The van der Waals surface area contributed by atoms with Crippen LogP contribution < -0.4 is 4.90 Å². The summed E-state index contributed by atoms with van der Waals surface area (Å²) in [7, 11) is 0. The van der Waals surface area contributed by atoms with Crippen LogP contribution in [0.3, 0.4) is 0 Å². The molecule has 6 heteroatoms. The smallest absolute Gasteiger partial charge is 0.269 e. The summed E-state index contributed by atoms with van der Waals surface area (Å²) in [6.07, 6.45) is 0.166. The first-order chi connectivity index (χ1) is 11.5. The average molecular weight is 323 g/mol. The second-order valence-electron chi connectivity index (χ2n) is 5.67. The van der Waals surface area contributed by atoms with Crippen LogP contribution in [0.4, 0.5) is 17.1 Å². The van der Waals surface area contributed by atoms with Crippen molar-refractivity contribution in [1.29, 1.82) is 0 Å². The molecule has 1 heterocycles. The Morgan fingerprint density at radius 1 is 1.21 bits per heavy atom. The van der Waals surface area contributed by atoms with Crippen LogP contribution in [0.15, 0.2) is 47.5 Å². The van der Waals surface area contributed by atoms with Gasteiger partial charge in [-0.2, -0.15) is 0 Å². The molecule has 0 spiro atoms. The van der Waals surface area contributed by atoms with E-state index in [1.807, 2.05) is 32.0 Å². The summed E-state index contributed by atoms with van der Waals surface area (Å²) in [6.45, 7) is 4.48. The van der Waals surface area contributed by atoms with Gasteiger partial charge in [0, 0.05) is 18.7 Å². The van der Waals surface area contributed by atoms with Crippen LogP contribution >= 0.6 is 0 Å². The maximum Gasteiger partial charge on any atom is 0.269 e. The predicted molar refractivity (Wildman–Crippen MR) is 93.1 cm³/mol. The van der Waals surface area contributed by atoms with E-state index >= 15 is 0 Å². The minimum Gasteiger partial charge on any atom is -0.310 e. The van der Waals surface area contributed by atoms with Crippen molar-refractivity contribution in [1.82, 2.24) is 0 Å². The number of amides is 1. The van der Waals surface area contributed by atoms with Crippen molar-refractivity contribution in [3.05, 3.63) is 63.7 Å². The Hall–Kier alpha value is -3.02. The zero-order valence-corrected chi connectivity index (χ0v) is 13.5. The summed E-state index contributed by atoms with van der Waals surface area (Å²) in [5.74, 6) is -0.0287. The number of carbonyl (C=O) groups is 1. The van der Waals surface area contributed by atoms with E-state index in [-0.39, 0.29) is 18.0 Å². The molecular formula is C18H17N3O3. The minimum absolute atomic E-state index is 0.0190. The highest BCUT2D eigenvalue weighted by Crippen LogP contribution is 2.34. The van der Waals surface area contributed by atoms with Crippen molar-refractivity contribution in [3.63, 3.8) is 0 Å². The van der Waals surface area contributed by atoms with Crippen molar-refractivity contribution in [2.24, 2.45) is 4.99 Å². The molecule has 1 amide bonds. The number of aryl methyl sites for hydroxylation is 1. The van der Waals surface area contributed by atoms with Crippen LogP contribution in [0.1, 0.15) is 24.5 Å². The van der Waals surface area contributed by atoms with Gasteiger partial charge in [0.05, 0.1) is 28.4 Å². The summed E-state index contributed by atoms with van der Waals surface area (Å²) >= 11 is 0. The molecule has 0 aromatic heterocycles. The summed E-state index contributed by atoms with van der Waals surface area (Å²) in [4.78, 5) is 29.3. The van der Waals surface area contributed by atoms with Crippen LogP contribution in [0, 0.1) is 17.0 Å². The molecule has 6 nitrogen and oxygen atoms in total. The third kappa shape index (κ3) is 2.90. The lowest BCUT2D eigenvalue weighted by Crippen LogP contribution is -2.31. The van der Waals surface area contributed by atoms with Gasteiger partial charge >= 0.3 is 0 Å². The van der Waals surface area contributed by atoms with E-state index in [9.17, 15) is 14.9 Å². The standard InChI is InChI=1S/C18H17N3O3/c1-3-20-17-10-12(2)4-9-15(17)19-16(11-18(20)22)13-5-7-14(8-6-13)21(23)24/h4-10H,3,11H2,1-2H3. The summed E-state index contributed by atoms with van der Waals surface area (Å²) < 4.78 is 0. The van der Waals surface area contributed by atoms with Gasteiger partial charge in [0.2, 0.25) is 5.91 Å². The number of rotatable bonds is 3. The number of aliphatic imine (C=N–C) groups is 1. The molecule has 24 heavy (non-hydrogen) atoms. The average Bonchev–Trinajstić information content (AvgIpc) is 2.70. The maximum absolute atomic E-state index is 12.6. The Morgan fingerprint density at radius 3 is 2.54 bits per heavy atom. The molecule has 0 radical (unpaired) electrons. The summed E-state index contributed by atoms with van der Waals surface area (Å²) in [5, 5.41) is 10.8. The predicted octanol–water partition coefficient (Wildman–Crippen LogP) is 3.78. The molecule has 0 atom stereocenters. The Labute approximate surface area is 139 Å². The zero-order valence-electron chi connectivity index (χ0n) is 13.5. The van der Waals surface area contributed by atoms with Crippen LogP contribution in [0.25, 0.3) is 0 Å². The number of nitrogens with zero attached hydrogens (tertiary/aromatic N) is 3. The van der Waals surface area contributed by atoms with Gasteiger partial charge in [0.15, 0.2) is 0 Å². The Kier molecular flexibility index (Phi) is 4.12. The van der Waals surface area contributed by atoms with Crippen LogP contribution in [-0.4, -0.2) is 23.1 Å². The summed E-state index contributed by atoms with van der Waals surface area (Å²) in [6, 6.07) is 12.0. The SMILES string of the molecule is CCN1C(=O)CC(c2ccc([N+](=O)[O-])cc2)=Nc2ccc(C)cc21. The maximum atomic E-state index is 12.6. The highest BCUT2D eigenvalue weighted by atomic mass is 16.6. The van der Waals surface area contributed by atoms with Crippen molar-refractivity contribution in [2.45, 2.75) is 20.3 Å². The second-order valence-corrected chi connectivity index (χ2v) is 5.67. The normalized spacial score (nSPS) is 14.0. The van der Waals surface area contributed by atoms with E-state index in [0.717, 1.165) is 22.5 Å². The van der Waals surface area contributed by atoms with E-state index in [1.54, 1.807) is 17.0 Å². The molecule has 0 aliphatic carbocycles. The number of nitro groups is 1. The van der Waals surface area contributed by atoms with Gasteiger partial charge in [0.1, 0.15) is 0 Å². The van der Waals surface area contributed by atoms with E-state index in [2.05, 4.69) is 4.99 Å². The zero-order chi connectivity index (χ0) is 17.3. The monoisotopic (exact) mass is 323 g/mol. The quantitative estimate of drug-likeness (QED) is 0.637. The molecule has 3 rings (SSSR count). The van der Waals surface area contributed by atoms with Crippen molar-refractivity contribution >= 4 is 28.7 Å². The third-order valence-corrected chi connectivity index (χ3v) is 4.02. The van der Waals surface area contributed by atoms with Crippen LogP contribution in [-0.2, 0) is 4.79 Å². The van der Waals surface area contributed by atoms with Crippen LogP contribution in [0.5, 0.6) is 0 Å². The van der Waals surface area contributed by atoms with Gasteiger partial charge in [0.25, 0.3) is 5.69 Å². The Balaban J connectivity index is 2.07. The van der Waals surface area contributed by atoms with Gasteiger partial charge in [-0.15, -0.1) is 0 Å². The fourth-order valence-corrected chi connectivity index (χ4v) is 2.79. The lowest BCUT2D eigenvalue weighted by Gasteiger charge is -2.20. The largest absolute Gasteiger partial charge is 0.310 e. The summed E-state index contributed by atoms with van der Waals surface area (Å²) in [5.41, 5.74) is 3.97.